The van der Waals surface area contributed by atoms with Crippen LogP contribution in [0.5, 0.6) is 0 Å². The lowest BCUT2D eigenvalue weighted by Crippen LogP contribution is -2.58. The molecule has 0 aliphatic heterocycles. The molecule has 0 spiro atoms. The zero-order valence-corrected chi connectivity index (χ0v) is 15.7. The molecule has 2 saturated carbocycles. The number of ketones is 2. The van der Waals surface area contributed by atoms with Crippen molar-refractivity contribution in [2.45, 2.75) is 52.1 Å². The van der Waals surface area contributed by atoms with Gasteiger partial charge in [0, 0.05) is 17.3 Å². The first-order valence-corrected chi connectivity index (χ1v) is 9.65. The second kappa shape index (κ2) is 5.48. The number of rotatable bonds is 2. The number of fused-ring (bicyclic) bond motifs is 5. The summed E-state index contributed by atoms with van der Waals surface area (Å²) in [6.07, 6.45) is 9.75. The molecule has 4 rings (SSSR count). The van der Waals surface area contributed by atoms with E-state index >= 15 is 4.39 Å². The maximum Gasteiger partial charge on any atom is 0.178 e. The fourth-order valence-electron chi connectivity index (χ4n) is 6.54. The molecule has 6 atom stereocenters. The van der Waals surface area contributed by atoms with Crippen LogP contribution in [-0.2, 0) is 9.59 Å². The first-order valence-electron chi connectivity index (χ1n) is 9.65. The highest BCUT2D eigenvalue weighted by Gasteiger charge is 2.66. The van der Waals surface area contributed by atoms with E-state index < -0.39 is 17.7 Å². The Morgan fingerprint density at radius 1 is 1.19 bits per heavy atom. The standard InChI is InChI=1S/C22H27FO3/c1-13-10-15(25)11-14-4-5-17-16-6-7-18(19(26)12-24)20(16,2)8-9-22(17,23)21(13,14)3/h8-11,16-18,24H,4-7,12H2,1-3H3/t16-,17-,18+,20-,21-,22+/m0/s1. The zero-order valence-electron chi connectivity index (χ0n) is 15.7. The quantitative estimate of drug-likeness (QED) is 0.765. The number of hydrogen-bond donors (Lipinski definition) is 1. The summed E-state index contributed by atoms with van der Waals surface area (Å²) >= 11 is 0. The van der Waals surface area contributed by atoms with E-state index in [0.717, 1.165) is 24.0 Å². The van der Waals surface area contributed by atoms with E-state index in [4.69, 9.17) is 0 Å². The number of aliphatic hydroxyl groups excluding tert-OH is 1. The SMILES string of the molecule is CC1=CC(=O)C=C2CC[C@H]3[C@@H]4CC[C@H](C(=O)CO)[C@@]4(C)C=C[C@]3(F)[C@@]12C. The molecule has 140 valence electrons. The van der Waals surface area contributed by atoms with Gasteiger partial charge in [-0.1, -0.05) is 24.1 Å². The van der Waals surface area contributed by atoms with E-state index in [2.05, 4.69) is 6.92 Å². The number of alkyl halides is 1. The zero-order chi connectivity index (χ0) is 18.9. The van der Waals surface area contributed by atoms with Gasteiger partial charge in [0.2, 0.25) is 0 Å². The molecule has 2 fully saturated rings. The number of carbonyl (C=O) groups excluding carboxylic acids is 2. The number of carbonyl (C=O) groups is 2. The summed E-state index contributed by atoms with van der Waals surface area (Å²) < 4.78 is 16.7. The normalized spacial score (nSPS) is 46.8. The van der Waals surface area contributed by atoms with Gasteiger partial charge < -0.3 is 5.11 Å². The Hall–Kier alpha value is -1.55. The van der Waals surface area contributed by atoms with Crippen LogP contribution in [0, 0.1) is 28.6 Å². The van der Waals surface area contributed by atoms with Crippen LogP contribution in [-0.4, -0.2) is 28.9 Å². The average Bonchev–Trinajstić information content (AvgIpc) is 2.94. The third kappa shape index (κ3) is 1.97. The molecule has 0 saturated heterocycles. The van der Waals surface area contributed by atoms with Crippen molar-refractivity contribution in [3.05, 3.63) is 35.5 Å². The van der Waals surface area contributed by atoms with Crippen molar-refractivity contribution in [2.75, 3.05) is 6.61 Å². The molecule has 0 amide bonds. The fraction of sp³-hybridized carbons (Fsp3) is 0.636. The summed E-state index contributed by atoms with van der Waals surface area (Å²) in [6, 6.07) is 0. The van der Waals surface area contributed by atoms with E-state index in [-0.39, 0.29) is 34.7 Å². The lowest BCUT2D eigenvalue weighted by molar-refractivity contribution is -0.129. The first-order chi connectivity index (χ1) is 12.2. The van der Waals surface area contributed by atoms with Gasteiger partial charge in [-0.25, -0.2) is 4.39 Å². The smallest absolute Gasteiger partial charge is 0.178 e. The van der Waals surface area contributed by atoms with Crippen molar-refractivity contribution in [1.29, 1.82) is 0 Å². The third-order valence-corrected chi connectivity index (χ3v) is 8.17. The predicted octanol–water partition coefficient (Wildman–Crippen LogP) is 3.73. The topological polar surface area (TPSA) is 54.4 Å². The van der Waals surface area contributed by atoms with Crippen LogP contribution in [0.15, 0.2) is 35.5 Å². The van der Waals surface area contributed by atoms with E-state index in [9.17, 15) is 14.7 Å². The minimum atomic E-state index is -1.54. The summed E-state index contributed by atoms with van der Waals surface area (Å²) in [7, 11) is 0. The second-order valence-electron chi connectivity index (χ2n) is 9.00. The molecular formula is C22H27FO3. The van der Waals surface area contributed by atoms with Crippen molar-refractivity contribution in [2.24, 2.45) is 28.6 Å². The van der Waals surface area contributed by atoms with E-state index in [0.29, 0.717) is 12.8 Å². The minimum absolute atomic E-state index is 0.0453. The summed E-state index contributed by atoms with van der Waals surface area (Å²) in [4.78, 5) is 24.2. The molecule has 0 radical (unpaired) electrons. The third-order valence-electron chi connectivity index (χ3n) is 8.17. The molecule has 3 nitrogen and oxygen atoms in total. The van der Waals surface area contributed by atoms with Gasteiger partial charge in [0.15, 0.2) is 11.6 Å². The maximum absolute atomic E-state index is 16.7. The molecule has 0 aromatic heterocycles. The van der Waals surface area contributed by atoms with Crippen molar-refractivity contribution >= 4 is 11.6 Å². The van der Waals surface area contributed by atoms with E-state index in [1.165, 1.54) is 0 Å². The highest BCUT2D eigenvalue weighted by molar-refractivity contribution is 6.02. The van der Waals surface area contributed by atoms with Crippen molar-refractivity contribution in [1.82, 2.24) is 0 Å². The number of allylic oxidation sites excluding steroid dienone is 6. The fourth-order valence-corrected chi connectivity index (χ4v) is 6.54. The van der Waals surface area contributed by atoms with Crippen molar-refractivity contribution < 1.29 is 19.1 Å². The number of halogens is 1. The van der Waals surface area contributed by atoms with Gasteiger partial charge in [-0.05, 0) is 69.1 Å². The summed E-state index contributed by atoms with van der Waals surface area (Å²) in [6.45, 7) is 5.41. The first kappa shape index (κ1) is 17.8. The van der Waals surface area contributed by atoms with Crippen LogP contribution in [0.2, 0.25) is 0 Å². The van der Waals surface area contributed by atoms with Crippen LogP contribution in [0.25, 0.3) is 0 Å². The predicted molar refractivity (Wildman–Crippen MR) is 97.1 cm³/mol. The van der Waals surface area contributed by atoms with Crippen LogP contribution >= 0.6 is 0 Å². The molecule has 4 aliphatic carbocycles. The lowest BCUT2D eigenvalue weighted by atomic mass is 9.47. The number of aliphatic hydroxyl groups is 1. The highest BCUT2D eigenvalue weighted by Crippen LogP contribution is 2.67. The summed E-state index contributed by atoms with van der Waals surface area (Å²) in [5.74, 6) is -0.494. The molecular weight excluding hydrogens is 331 g/mol. The molecule has 0 bridgehead atoms. The Bertz CT molecular complexity index is 778. The Morgan fingerprint density at radius 3 is 2.62 bits per heavy atom. The maximum atomic E-state index is 16.7. The Morgan fingerprint density at radius 2 is 1.92 bits per heavy atom. The Labute approximate surface area is 154 Å². The van der Waals surface area contributed by atoms with Crippen LogP contribution in [0.3, 0.4) is 0 Å². The van der Waals surface area contributed by atoms with E-state index in [1.54, 1.807) is 18.2 Å². The monoisotopic (exact) mass is 358 g/mol. The van der Waals surface area contributed by atoms with Crippen molar-refractivity contribution in [3.8, 4) is 0 Å². The van der Waals surface area contributed by atoms with Crippen LogP contribution in [0.4, 0.5) is 4.39 Å². The van der Waals surface area contributed by atoms with Gasteiger partial charge >= 0.3 is 0 Å². The lowest BCUT2D eigenvalue weighted by Gasteiger charge is -2.58. The Kier molecular flexibility index (Phi) is 3.76. The van der Waals surface area contributed by atoms with Gasteiger partial charge in [0.25, 0.3) is 0 Å². The molecule has 26 heavy (non-hydrogen) atoms. The van der Waals surface area contributed by atoms with Gasteiger partial charge in [-0.15, -0.1) is 0 Å². The molecule has 0 unspecified atom stereocenters. The van der Waals surface area contributed by atoms with E-state index in [1.807, 2.05) is 19.9 Å². The average molecular weight is 358 g/mol. The van der Waals surface area contributed by atoms with Gasteiger partial charge in [-0.3, -0.25) is 9.59 Å². The molecule has 0 heterocycles. The molecule has 0 aromatic rings. The summed E-state index contributed by atoms with van der Waals surface area (Å²) in [5, 5.41) is 9.34. The molecule has 4 heteroatoms. The van der Waals surface area contributed by atoms with Gasteiger partial charge in [-0.2, -0.15) is 0 Å². The van der Waals surface area contributed by atoms with Gasteiger partial charge in [0.05, 0.1) is 0 Å². The summed E-state index contributed by atoms with van der Waals surface area (Å²) in [5.41, 5.74) is -1.03. The molecule has 1 N–H and O–H groups in total. The van der Waals surface area contributed by atoms with Gasteiger partial charge in [0.1, 0.15) is 12.3 Å². The second-order valence-corrected chi connectivity index (χ2v) is 9.00. The Balaban J connectivity index is 1.82. The minimum Gasteiger partial charge on any atom is -0.389 e. The molecule has 0 aromatic carbocycles. The number of hydrogen-bond acceptors (Lipinski definition) is 3. The highest BCUT2D eigenvalue weighted by atomic mass is 19.1. The largest absolute Gasteiger partial charge is 0.389 e. The van der Waals surface area contributed by atoms with Crippen LogP contribution in [0.1, 0.15) is 46.5 Å². The van der Waals surface area contributed by atoms with Crippen molar-refractivity contribution in [3.63, 3.8) is 0 Å². The van der Waals surface area contributed by atoms with Crippen LogP contribution < -0.4 is 0 Å². The molecule has 4 aliphatic rings. The number of Topliss-reactive ketones (excluding diaryl/α,β-unsaturated/α-hetero) is 1.